The number of nitro groups is 1. The van der Waals surface area contributed by atoms with Gasteiger partial charge in [-0.1, -0.05) is 0 Å². The van der Waals surface area contributed by atoms with E-state index in [2.05, 4.69) is 4.98 Å². The van der Waals surface area contributed by atoms with Gasteiger partial charge in [0.1, 0.15) is 5.52 Å². The highest BCUT2D eigenvalue weighted by atomic mass is 16.6. The zero-order chi connectivity index (χ0) is 18.1. The lowest BCUT2D eigenvalue weighted by atomic mass is 10.2. The number of aryl methyl sites for hydroxylation is 1. The summed E-state index contributed by atoms with van der Waals surface area (Å²) in [6, 6.07) is 6.24. The van der Waals surface area contributed by atoms with Crippen LogP contribution in [0.4, 0.5) is 5.69 Å². The number of hydrogen-bond acceptors (Lipinski definition) is 7. The first-order valence-corrected chi connectivity index (χ1v) is 7.34. The van der Waals surface area contributed by atoms with Crippen molar-refractivity contribution >= 4 is 16.8 Å². The molecule has 8 nitrogen and oxygen atoms in total. The third kappa shape index (κ3) is 2.82. The first kappa shape index (κ1) is 16.6. The standard InChI is InChI=1S/C17H16N2O6/c1-9-5-11(19(20)21)8-12-15(9)25-17(18-12)10-6-13(22-2)16(24-4)14(7-10)23-3/h5-8H,1-4H3. The van der Waals surface area contributed by atoms with Gasteiger partial charge in [-0.05, 0) is 19.1 Å². The normalized spacial score (nSPS) is 10.7. The second-order valence-corrected chi connectivity index (χ2v) is 5.30. The van der Waals surface area contributed by atoms with Crippen LogP contribution in [0, 0.1) is 17.0 Å². The molecular weight excluding hydrogens is 328 g/mol. The van der Waals surface area contributed by atoms with Gasteiger partial charge in [0.15, 0.2) is 17.1 Å². The van der Waals surface area contributed by atoms with Gasteiger partial charge in [0, 0.05) is 23.3 Å². The molecule has 130 valence electrons. The predicted octanol–water partition coefficient (Wildman–Crippen LogP) is 3.74. The van der Waals surface area contributed by atoms with Crippen molar-refractivity contribution < 1.29 is 23.6 Å². The van der Waals surface area contributed by atoms with Crippen molar-refractivity contribution in [1.29, 1.82) is 0 Å². The monoisotopic (exact) mass is 344 g/mol. The smallest absolute Gasteiger partial charge is 0.272 e. The van der Waals surface area contributed by atoms with Crippen molar-refractivity contribution in [2.45, 2.75) is 6.92 Å². The third-order valence-electron chi connectivity index (χ3n) is 3.78. The number of nitrogens with zero attached hydrogens (tertiary/aromatic N) is 2. The largest absolute Gasteiger partial charge is 0.493 e. The molecule has 0 saturated carbocycles. The van der Waals surface area contributed by atoms with Crippen LogP contribution >= 0.6 is 0 Å². The van der Waals surface area contributed by atoms with E-state index in [9.17, 15) is 10.1 Å². The maximum Gasteiger partial charge on any atom is 0.272 e. The van der Waals surface area contributed by atoms with Gasteiger partial charge < -0.3 is 18.6 Å². The zero-order valence-corrected chi connectivity index (χ0v) is 14.2. The quantitative estimate of drug-likeness (QED) is 0.514. The van der Waals surface area contributed by atoms with E-state index in [1.165, 1.54) is 33.5 Å². The molecule has 8 heteroatoms. The predicted molar refractivity (Wildman–Crippen MR) is 90.5 cm³/mol. The fourth-order valence-corrected chi connectivity index (χ4v) is 2.61. The Hall–Kier alpha value is -3.29. The Bertz CT molecular complexity index is 938. The number of non-ortho nitro benzene ring substituents is 1. The van der Waals surface area contributed by atoms with Gasteiger partial charge in [0.2, 0.25) is 11.6 Å². The average molecular weight is 344 g/mol. The van der Waals surface area contributed by atoms with E-state index in [1.807, 2.05) is 0 Å². The van der Waals surface area contributed by atoms with Crippen LogP contribution in [0.3, 0.4) is 0 Å². The van der Waals surface area contributed by atoms with Gasteiger partial charge in [-0.2, -0.15) is 0 Å². The molecule has 25 heavy (non-hydrogen) atoms. The van der Waals surface area contributed by atoms with Gasteiger partial charge in [-0.25, -0.2) is 4.98 Å². The SMILES string of the molecule is COc1cc(-c2nc3cc([N+](=O)[O-])cc(C)c3o2)cc(OC)c1OC. The summed E-state index contributed by atoms with van der Waals surface area (Å²) in [5, 5.41) is 11.0. The third-order valence-corrected chi connectivity index (χ3v) is 3.78. The summed E-state index contributed by atoms with van der Waals surface area (Å²) in [5.41, 5.74) is 2.11. The van der Waals surface area contributed by atoms with Gasteiger partial charge in [0.25, 0.3) is 5.69 Å². The van der Waals surface area contributed by atoms with Crippen molar-refractivity contribution in [2.24, 2.45) is 0 Å². The molecule has 0 saturated heterocycles. The van der Waals surface area contributed by atoms with Crippen LogP contribution in [0.2, 0.25) is 0 Å². The van der Waals surface area contributed by atoms with E-state index in [0.717, 1.165) is 0 Å². The number of nitro benzene ring substituents is 1. The first-order valence-electron chi connectivity index (χ1n) is 7.34. The van der Waals surface area contributed by atoms with E-state index in [0.29, 0.717) is 45.4 Å². The number of aromatic nitrogens is 1. The molecule has 0 aliphatic rings. The van der Waals surface area contributed by atoms with Crippen molar-refractivity contribution in [3.8, 4) is 28.7 Å². The highest BCUT2D eigenvalue weighted by molar-refractivity contribution is 5.82. The molecule has 0 aliphatic heterocycles. The first-order chi connectivity index (χ1) is 12.0. The highest BCUT2D eigenvalue weighted by Crippen LogP contribution is 2.41. The van der Waals surface area contributed by atoms with Crippen molar-refractivity contribution in [3.05, 3.63) is 39.9 Å². The Morgan fingerprint density at radius 3 is 2.20 bits per heavy atom. The van der Waals surface area contributed by atoms with Gasteiger partial charge in [0.05, 0.1) is 26.3 Å². The Labute approximate surface area is 143 Å². The fourth-order valence-electron chi connectivity index (χ4n) is 2.61. The molecule has 0 aliphatic carbocycles. The highest BCUT2D eigenvalue weighted by Gasteiger charge is 2.19. The Morgan fingerprint density at radius 2 is 1.68 bits per heavy atom. The van der Waals surface area contributed by atoms with Crippen LogP contribution in [-0.4, -0.2) is 31.2 Å². The Kier molecular flexibility index (Phi) is 4.18. The fraction of sp³-hybridized carbons (Fsp3) is 0.235. The van der Waals surface area contributed by atoms with Crippen LogP contribution in [0.25, 0.3) is 22.6 Å². The maximum atomic E-state index is 11.0. The molecule has 0 unspecified atom stereocenters. The molecule has 0 amide bonds. The molecule has 0 atom stereocenters. The van der Waals surface area contributed by atoms with Crippen molar-refractivity contribution in [1.82, 2.24) is 4.98 Å². The molecule has 2 aromatic carbocycles. The van der Waals surface area contributed by atoms with Crippen molar-refractivity contribution in [2.75, 3.05) is 21.3 Å². The van der Waals surface area contributed by atoms with E-state index < -0.39 is 4.92 Å². The lowest BCUT2D eigenvalue weighted by Gasteiger charge is -2.12. The van der Waals surface area contributed by atoms with Crippen molar-refractivity contribution in [3.63, 3.8) is 0 Å². The van der Waals surface area contributed by atoms with E-state index in [4.69, 9.17) is 18.6 Å². The molecule has 0 spiro atoms. The molecule has 0 radical (unpaired) electrons. The molecule has 1 aromatic heterocycles. The molecule has 3 aromatic rings. The summed E-state index contributed by atoms with van der Waals surface area (Å²) < 4.78 is 21.8. The van der Waals surface area contributed by atoms with Crippen LogP contribution in [0.1, 0.15) is 5.56 Å². The topological polar surface area (TPSA) is 96.9 Å². The second kappa shape index (κ2) is 6.31. The molecule has 1 heterocycles. The molecular formula is C17H16N2O6. The summed E-state index contributed by atoms with van der Waals surface area (Å²) in [6.07, 6.45) is 0. The molecule has 0 N–H and O–H groups in total. The number of benzene rings is 2. The minimum absolute atomic E-state index is 0.0326. The number of rotatable bonds is 5. The van der Waals surface area contributed by atoms with Gasteiger partial charge in [-0.3, -0.25) is 10.1 Å². The van der Waals surface area contributed by atoms with Crippen LogP contribution in [-0.2, 0) is 0 Å². The number of oxazole rings is 1. The van der Waals surface area contributed by atoms with Gasteiger partial charge in [-0.15, -0.1) is 0 Å². The van der Waals surface area contributed by atoms with Crippen LogP contribution in [0.5, 0.6) is 17.2 Å². The minimum atomic E-state index is -0.458. The summed E-state index contributed by atoms with van der Waals surface area (Å²) in [4.78, 5) is 14.9. The lowest BCUT2D eigenvalue weighted by molar-refractivity contribution is -0.384. The Balaban J connectivity index is 2.19. The summed E-state index contributed by atoms with van der Waals surface area (Å²) in [5.74, 6) is 1.68. The number of ether oxygens (including phenoxy) is 3. The number of fused-ring (bicyclic) bond motifs is 1. The van der Waals surface area contributed by atoms with Gasteiger partial charge >= 0.3 is 0 Å². The second-order valence-electron chi connectivity index (χ2n) is 5.30. The summed E-state index contributed by atoms with van der Waals surface area (Å²) in [7, 11) is 4.54. The summed E-state index contributed by atoms with van der Waals surface area (Å²) in [6.45, 7) is 1.74. The number of methoxy groups -OCH3 is 3. The Morgan fingerprint density at radius 1 is 1.04 bits per heavy atom. The molecule has 0 bridgehead atoms. The lowest BCUT2D eigenvalue weighted by Crippen LogP contribution is -1.95. The minimum Gasteiger partial charge on any atom is -0.493 e. The van der Waals surface area contributed by atoms with Crippen LogP contribution < -0.4 is 14.2 Å². The average Bonchev–Trinajstić information content (AvgIpc) is 3.05. The van der Waals surface area contributed by atoms with E-state index in [1.54, 1.807) is 19.1 Å². The van der Waals surface area contributed by atoms with Crippen LogP contribution in [0.15, 0.2) is 28.7 Å². The van der Waals surface area contributed by atoms with E-state index in [-0.39, 0.29) is 5.69 Å². The zero-order valence-electron chi connectivity index (χ0n) is 14.2. The molecule has 0 fully saturated rings. The molecule has 3 rings (SSSR count). The summed E-state index contributed by atoms with van der Waals surface area (Å²) >= 11 is 0. The maximum absolute atomic E-state index is 11.0. The van der Waals surface area contributed by atoms with E-state index >= 15 is 0 Å². The number of hydrogen-bond donors (Lipinski definition) is 0.